The molecule has 0 saturated carbocycles. The molecule has 1 saturated heterocycles. The molecule has 1 aliphatic heterocycles. The van der Waals surface area contributed by atoms with Crippen molar-refractivity contribution in [3.8, 4) is 5.95 Å². The van der Waals surface area contributed by atoms with Crippen LogP contribution in [0.5, 0.6) is 0 Å². The van der Waals surface area contributed by atoms with Gasteiger partial charge in [-0.05, 0) is 24.8 Å². The molecule has 3 rings (SSSR count). The van der Waals surface area contributed by atoms with Gasteiger partial charge in [0.05, 0.1) is 0 Å². The van der Waals surface area contributed by atoms with Crippen LogP contribution in [-0.2, 0) is 0 Å². The summed E-state index contributed by atoms with van der Waals surface area (Å²) in [7, 11) is 1.82. The maximum atomic E-state index is 4.58. The summed E-state index contributed by atoms with van der Waals surface area (Å²) in [5, 5.41) is 7.20. The molecule has 1 N–H and O–H groups in total. The highest BCUT2D eigenvalue weighted by Gasteiger charge is 2.22. The van der Waals surface area contributed by atoms with Crippen LogP contribution in [0.15, 0.2) is 18.5 Å². The molecular weight excluding hydrogens is 266 g/mol. The Morgan fingerprint density at radius 3 is 2.86 bits per heavy atom. The van der Waals surface area contributed by atoms with E-state index in [1.807, 2.05) is 19.3 Å². The molecule has 2 aromatic heterocycles. The first kappa shape index (κ1) is 13.8. The summed E-state index contributed by atoms with van der Waals surface area (Å²) in [5.41, 5.74) is 0. The van der Waals surface area contributed by atoms with E-state index < -0.39 is 0 Å². The number of nitrogens with one attached hydrogen (secondary N) is 1. The van der Waals surface area contributed by atoms with Crippen molar-refractivity contribution in [3.63, 3.8) is 0 Å². The Hall–Kier alpha value is -2.18. The molecule has 1 atom stereocenters. The van der Waals surface area contributed by atoms with Crippen molar-refractivity contribution in [2.75, 3.05) is 30.4 Å². The van der Waals surface area contributed by atoms with E-state index in [2.05, 4.69) is 37.2 Å². The van der Waals surface area contributed by atoms with Crippen LogP contribution < -0.4 is 10.2 Å². The number of nitrogens with zero attached hydrogens (tertiary/aromatic N) is 6. The molecule has 0 amide bonds. The highest BCUT2D eigenvalue weighted by atomic mass is 15.4. The summed E-state index contributed by atoms with van der Waals surface area (Å²) in [6.07, 6.45) is 7.24. The number of hydrogen-bond acceptors (Lipinski definition) is 6. The molecule has 0 bridgehead atoms. The lowest BCUT2D eigenvalue weighted by Crippen LogP contribution is -2.36. The van der Waals surface area contributed by atoms with Crippen LogP contribution in [0, 0.1) is 5.92 Å². The monoisotopic (exact) mass is 287 g/mol. The van der Waals surface area contributed by atoms with Crippen molar-refractivity contribution in [1.82, 2.24) is 24.7 Å². The fraction of sp³-hybridized carbons (Fsp3) is 0.571. The van der Waals surface area contributed by atoms with E-state index in [1.165, 1.54) is 19.3 Å². The normalized spacial score (nSPS) is 18.8. The average Bonchev–Trinajstić information content (AvgIpc) is 3.09. The molecule has 112 valence electrons. The summed E-state index contributed by atoms with van der Waals surface area (Å²) in [5.74, 6) is 2.58. The molecule has 1 fully saturated rings. The van der Waals surface area contributed by atoms with E-state index >= 15 is 0 Å². The molecule has 0 aromatic carbocycles. The summed E-state index contributed by atoms with van der Waals surface area (Å²) in [6.45, 7) is 4.26. The quantitative estimate of drug-likeness (QED) is 0.923. The molecular formula is C14H21N7. The van der Waals surface area contributed by atoms with Gasteiger partial charge in [-0.25, -0.2) is 4.68 Å². The minimum Gasteiger partial charge on any atom is -0.357 e. The van der Waals surface area contributed by atoms with E-state index in [4.69, 9.17) is 0 Å². The van der Waals surface area contributed by atoms with Gasteiger partial charge >= 0.3 is 0 Å². The predicted molar refractivity (Wildman–Crippen MR) is 81.7 cm³/mol. The van der Waals surface area contributed by atoms with Gasteiger partial charge in [0, 0.05) is 32.5 Å². The highest BCUT2D eigenvalue weighted by Crippen LogP contribution is 2.23. The van der Waals surface area contributed by atoms with Crippen molar-refractivity contribution in [1.29, 1.82) is 0 Å². The molecule has 7 nitrogen and oxygen atoms in total. The van der Waals surface area contributed by atoms with Crippen LogP contribution in [0.1, 0.15) is 26.2 Å². The highest BCUT2D eigenvalue weighted by molar-refractivity contribution is 5.40. The number of aromatic nitrogens is 5. The minimum absolute atomic E-state index is 0.549. The van der Waals surface area contributed by atoms with E-state index in [-0.39, 0.29) is 0 Å². The Balaban J connectivity index is 1.92. The fourth-order valence-corrected chi connectivity index (χ4v) is 2.68. The predicted octanol–water partition coefficient (Wildman–Crippen LogP) is 1.73. The van der Waals surface area contributed by atoms with E-state index in [1.54, 1.807) is 10.9 Å². The van der Waals surface area contributed by atoms with Crippen molar-refractivity contribution < 1.29 is 0 Å². The van der Waals surface area contributed by atoms with Crippen LogP contribution in [0.3, 0.4) is 0 Å². The maximum Gasteiger partial charge on any atom is 0.257 e. The minimum atomic E-state index is 0.549. The number of rotatable bonds is 4. The third kappa shape index (κ3) is 2.96. The summed E-state index contributed by atoms with van der Waals surface area (Å²) in [4.78, 5) is 15.7. The van der Waals surface area contributed by atoms with E-state index in [0.717, 1.165) is 25.0 Å². The van der Waals surface area contributed by atoms with Gasteiger partial charge in [0.25, 0.3) is 5.95 Å². The molecule has 0 radical (unpaired) electrons. The zero-order valence-electron chi connectivity index (χ0n) is 12.5. The lowest BCUT2D eigenvalue weighted by Gasteiger charge is -2.32. The van der Waals surface area contributed by atoms with Gasteiger partial charge in [0.2, 0.25) is 11.9 Å². The number of piperidine rings is 1. The van der Waals surface area contributed by atoms with Gasteiger partial charge < -0.3 is 10.2 Å². The van der Waals surface area contributed by atoms with Crippen LogP contribution in [-0.4, -0.2) is 44.9 Å². The molecule has 1 unspecified atom stereocenters. The molecule has 1 aliphatic rings. The Kier molecular flexibility index (Phi) is 3.98. The molecule has 21 heavy (non-hydrogen) atoms. The first-order valence-corrected chi connectivity index (χ1v) is 7.49. The molecule has 3 heterocycles. The Bertz CT molecular complexity index is 581. The summed E-state index contributed by atoms with van der Waals surface area (Å²) >= 11 is 0. The summed E-state index contributed by atoms with van der Waals surface area (Å²) < 4.78 is 1.66. The summed E-state index contributed by atoms with van der Waals surface area (Å²) in [6, 6.07) is 1.86. The second-order valence-corrected chi connectivity index (χ2v) is 5.32. The van der Waals surface area contributed by atoms with Gasteiger partial charge in [-0.1, -0.05) is 13.3 Å². The topological polar surface area (TPSA) is 71.8 Å². The standard InChI is InChI=1S/C14H21N7/c1-3-11-6-4-8-20(10-11)13-17-12(15-2)18-14(19-13)21-9-5-7-16-21/h5,7,9,11H,3-4,6,8,10H2,1-2H3,(H,15,17,18,19). The third-order valence-electron chi connectivity index (χ3n) is 3.92. The maximum absolute atomic E-state index is 4.58. The van der Waals surface area contributed by atoms with Crippen LogP contribution in [0.2, 0.25) is 0 Å². The largest absolute Gasteiger partial charge is 0.357 e. The van der Waals surface area contributed by atoms with E-state index in [9.17, 15) is 0 Å². The average molecular weight is 287 g/mol. The van der Waals surface area contributed by atoms with Gasteiger partial charge in [-0.2, -0.15) is 20.1 Å². The fourth-order valence-electron chi connectivity index (χ4n) is 2.68. The van der Waals surface area contributed by atoms with Crippen molar-refractivity contribution in [2.24, 2.45) is 5.92 Å². The Morgan fingerprint density at radius 1 is 1.29 bits per heavy atom. The second kappa shape index (κ2) is 6.07. The number of anilines is 2. The van der Waals surface area contributed by atoms with Crippen LogP contribution >= 0.6 is 0 Å². The van der Waals surface area contributed by atoms with E-state index in [0.29, 0.717) is 11.9 Å². The Morgan fingerprint density at radius 2 is 2.14 bits per heavy atom. The zero-order chi connectivity index (χ0) is 14.7. The van der Waals surface area contributed by atoms with Gasteiger partial charge in [0.15, 0.2) is 0 Å². The molecule has 2 aromatic rings. The van der Waals surface area contributed by atoms with Crippen molar-refractivity contribution in [2.45, 2.75) is 26.2 Å². The number of hydrogen-bond donors (Lipinski definition) is 1. The first-order valence-electron chi connectivity index (χ1n) is 7.49. The molecule has 0 spiro atoms. The van der Waals surface area contributed by atoms with Crippen molar-refractivity contribution in [3.05, 3.63) is 18.5 Å². The molecule has 7 heteroatoms. The van der Waals surface area contributed by atoms with Gasteiger partial charge in [-0.15, -0.1) is 0 Å². The van der Waals surface area contributed by atoms with Gasteiger partial charge in [-0.3, -0.25) is 0 Å². The SMILES string of the molecule is CCC1CCCN(c2nc(NC)nc(-n3cccn3)n2)C1. The third-order valence-corrected chi connectivity index (χ3v) is 3.92. The zero-order valence-corrected chi connectivity index (χ0v) is 12.5. The second-order valence-electron chi connectivity index (χ2n) is 5.32. The Labute approximate surface area is 124 Å². The smallest absolute Gasteiger partial charge is 0.257 e. The first-order chi connectivity index (χ1) is 10.3. The van der Waals surface area contributed by atoms with Crippen molar-refractivity contribution >= 4 is 11.9 Å². The van der Waals surface area contributed by atoms with Gasteiger partial charge in [0.1, 0.15) is 0 Å². The van der Waals surface area contributed by atoms with Crippen LogP contribution in [0.4, 0.5) is 11.9 Å². The lowest BCUT2D eigenvalue weighted by atomic mass is 9.96. The lowest BCUT2D eigenvalue weighted by molar-refractivity contribution is 0.401. The molecule has 0 aliphatic carbocycles. The van der Waals surface area contributed by atoms with Crippen LogP contribution in [0.25, 0.3) is 5.95 Å².